The smallest absolute Gasteiger partial charge is 0.296 e. The van der Waals surface area contributed by atoms with Crippen molar-refractivity contribution in [1.29, 1.82) is 0 Å². The summed E-state index contributed by atoms with van der Waals surface area (Å²) in [5.74, 6) is -1.67. The maximum Gasteiger partial charge on any atom is 0.296 e. The van der Waals surface area contributed by atoms with E-state index in [0.29, 0.717) is 42.8 Å². The Balaban J connectivity index is 1.74. The highest BCUT2D eigenvalue weighted by Crippen LogP contribution is 2.53. The number of anilines is 1. The summed E-state index contributed by atoms with van der Waals surface area (Å²) in [4.78, 5) is 44.5. The Bertz CT molecular complexity index is 1300. The van der Waals surface area contributed by atoms with Crippen LogP contribution in [0, 0.1) is 0 Å². The third kappa shape index (κ3) is 3.73. The van der Waals surface area contributed by atoms with Crippen LogP contribution < -0.4 is 9.64 Å². The predicted octanol–water partition coefficient (Wildman–Crippen LogP) is 3.77. The first-order valence-corrected chi connectivity index (χ1v) is 12.9. The topological polar surface area (TPSA) is 96.4 Å². The lowest BCUT2D eigenvalue weighted by Gasteiger charge is -2.34. The van der Waals surface area contributed by atoms with Gasteiger partial charge in [-0.25, -0.2) is 0 Å². The molecule has 1 spiro atoms. The van der Waals surface area contributed by atoms with Crippen LogP contribution >= 0.6 is 0 Å². The molecule has 1 N–H and O–H groups in total. The van der Waals surface area contributed by atoms with Gasteiger partial charge in [-0.15, -0.1) is 0 Å². The number of para-hydroxylation sites is 1. The second kappa shape index (κ2) is 9.67. The van der Waals surface area contributed by atoms with Crippen LogP contribution in [-0.2, 0) is 31.1 Å². The molecule has 8 nitrogen and oxygen atoms in total. The molecule has 2 atom stereocenters. The second-order valence-electron chi connectivity index (χ2n) is 9.85. The molecule has 2 aromatic carbocycles. The Hall–Kier alpha value is -3.65. The second-order valence-corrected chi connectivity index (χ2v) is 9.85. The van der Waals surface area contributed by atoms with Gasteiger partial charge in [0, 0.05) is 44.4 Å². The fourth-order valence-electron chi connectivity index (χ4n) is 5.79. The maximum absolute atomic E-state index is 14.4. The summed E-state index contributed by atoms with van der Waals surface area (Å²) in [5.41, 5.74) is 0.553. The maximum atomic E-state index is 14.4. The molecule has 0 bridgehead atoms. The summed E-state index contributed by atoms with van der Waals surface area (Å²) in [6.07, 6.45) is 2.74. The number of ketones is 1. The normalized spacial score (nSPS) is 23.6. The molecule has 2 unspecified atom stereocenters. The van der Waals surface area contributed by atoms with Gasteiger partial charge in [0.1, 0.15) is 17.6 Å². The molecule has 2 aromatic rings. The molecule has 37 heavy (non-hydrogen) atoms. The number of ether oxygens (including phenoxy) is 2. The van der Waals surface area contributed by atoms with Crippen molar-refractivity contribution in [3.8, 4) is 5.75 Å². The Kier molecular flexibility index (Phi) is 6.54. The summed E-state index contributed by atoms with van der Waals surface area (Å²) in [6.45, 7) is 4.94. The summed E-state index contributed by atoms with van der Waals surface area (Å²) in [5, 5.41) is 11.7. The highest BCUT2D eigenvalue weighted by atomic mass is 16.5. The Morgan fingerprint density at radius 1 is 1.14 bits per heavy atom. The third-order valence-corrected chi connectivity index (χ3v) is 7.44. The fourth-order valence-corrected chi connectivity index (χ4v) is 5.79. The van der Waals surface area contributed by atoms with E-state index in [2.05, 4.69) is 0 Å². The number of methoxy groups -OCH3 is 1. The van der Waals surface area contributed by atoms with E-state index in [1.807, 2.05) is 26.0 Å². The lowest BCUT2D eigenvalue weighted by molar-refractivity contribution is -0.143. The average molecular weight is 505 g/mol. The van der Waals surface area contributed by atoms with Crippen LogP contribution in [0.25, 0.3) is 5.76 Å². The largest absolute Gasteiger partial charge is 0.507 e. The zero-order valence-corrected chi connectivity index (χ0v) is 21.5. The standard InChI is InChI=1S/C29H32N2O6/c1-4-5-13-30-22-10-7-6-9-21(22)29(28(30)35)24(26(33)27(34)31(29)14-8-15-36-3)25(32)19-11-12-23-20(17-19)16-18(2)37-23/h6-7,9-12,17-18,32H,4-5,8,13-16H2,1-3H3/b25-24-. The minimum Gasteiger partial charge on any atom is -0.507 e. The Morgan fingerprint density at radius 3 is 2.68 bits per heavy atom. The van der Waals surface area contributed by atoms with Gasteiger partial charge in [0.25, 0.3) is 17.6 Å². The molecule has 8 heteroatoms. The van der Waals surface area contributed by atoms with Gasteiger partial charge < -0.3 is 24.4 Å². The number of carbonyl (C=O) groups is 3. The van der Waals surface area contributed by atoms with Gasteiger partial charge in [0.2, 0.25) is 0 Å². The number of aliphatic hydroxyl groups is 1. The molecule has 3 aliphatic rings. The third-order valence-electron chi connectivity index (χ3n) is 7.44. The van der Waals surface area contributed by atoms with Crippen molar-refractivity contribution < 1.29 is 29.0 Å². The number of aliphatic hydroxyl groups excluding tert-OH is 1. The molecule has 194 valence electrons. The van der Waals surface area contributed by atoms with Gasteiger partial charge in [0.05, 0.1) is 11.3 Å². The molecule has 0 radical (unpaired) electrons. The zero-order chi connectivity index (χ0) is 26.3. The summed E-state index contributed by atoms with van der Waals surface area (Å²) in [6, 6.07) is 12.4. The van der Waals surface area contributed by atoms with Crippen molar-refractivity contribution in [3.05, 3.63) is 64.7 Å². The molecule has 3 aliphatic heterocycles. The Morgan fingerprint density at radius 2 is 1.92 bits per heavy atom. The van der Waals surface area contributed by atoms with Gasteiger partial charge in [0.15, 0.2) is 5.54 Å². The van der Waals surface area contributed by atoms with Crippen LogP contribution in [-0.4, -0.2) is 60.5 Å². The number of hydrogen-bond donors (Lipinski definition) is 1. The number of nitrogens with zero attached hydrogens (tertiary/aromatic N) is 2. The number of benzene rings is 2. The van der Waals surface area contributed by atoms with E-state index in [1.54, 1.807) is 42.3 Å². The number of unbranched alkanes of at least 4 members (excludes halogenated alkanes) is 1. The van der Waals surface area contributed by atoms with E-state index in [1.165, 1.54) is 4.90 Å². The van der Waals surface area contributed by atoms with Gasteiger partial charge in [-0.3, -0.25) is 14.4 Å². The van der Waals surface area contributed by atoms with Crippen molar-refractivity contribution in [2.24, 2.45) is 0 Å². The van der Waals surface area contributed by atoms with Gasteiger partial charge in [-0.05, 0) is 49.6 Å². The van der Waals surface area contributed by atoms with Crippen LogP contribution in [0.5, 0.6) is 5.75 Å². The van der Waals surface area contributed by atoms with Gasteiger partial charge in [-0.1, -0.05) is 31.5 Å². The Labute approximate surface area is 216 Å². The van der Waals surface area contributed by atoms with Crippen molar-refractivity contribution in [2.75, 3.05) is 31.7 Å². The number of rotatable bonds is 8. The lowest BCUT2D eigenvalue weighted by atomic mass is 9.81. The van der Waals surface area contributed by atoms with E-state index < -0.39 is 23.1 Å². The van der Waals surface area contributed by atoms with Gasteiger partial charge in [-0.2, -0.15) is 0 Å². The van der Waals surface area contributed by atoms with Crippen LogP contribution in [0.15, 0.2) is 48.0 Å². The van der Waals surface area contributed by atoms with E-state index >= 15 is 0 Å². The van der Waals surface area contributed by atoms with Crippen molar-refractivity contribution in [3.63, 3.8) is 0 Å². The minimum atomic E-state index is -1.74. The molecule has 0 saturated carbocycles. The summed E-state index contributed by atoms with van der Waals surface area (Å²) in [7, 11) is 1.56. The van der Waals surface area contributed by atoms with Crippen molar-refractivity contribution >= 4 is 29.0 Å². The molecule has 1 saturated heterocycles. The number of hydrogen-bond acceptors (Lipinski definition) is 6. The van der Waals surface area contributed by atoms with E-state index in [9.17, 15) is 19.5 Å². The molecular formula is C29H32N2O6. The molecule has 3 heterocycles. The number of likely N-dealkylation sites (tertiary alicyclic amines) is 1. The van der Waals surface area contributed by atoms with Crippen LogP contribution in [0.3, 0.4) is 0 Å². The van der Waals surface area contributed by atoms with Crippen molar-refractivity contribution in [1.82, 2.24) is 4.90 Å². The number of carbonyl (C=O) groups excluding carboxylic acids is 3. The van der Waals surface area contributed by atoms with Crippen molar-refractivity contribution in [2.45, 2.75) is 51.2 Å². The van der Waals surface area contributed by atoms with Crippen LogP contribution in [0.1, 0.15) is 49.8 Å². The monoisotopic (exact) mass is 504 g/mol. The molecule has 5 rings (SSSR count). The summed E-state index contributed by atoms with van der Waals surface area (Å²) >= 11 is 0. The molecule has 2 amide bonds. The number of Topliss-reactive ketones (excluding diaryl/α,β-unsaturated/α-hetero) is 1. The SMILES string of the molecule is CCCCN1C(=O)C2(/C(=C(\O)c3ccc4c(c3)CC(C)O4)C(=O)C(=O)N2CCCOC)c2ccccc21. The molecular weight excluding hydrogens is 472 g/mol. The summed E-state index contributed by atoms with van der Waals surface area (Å²) < 4.78 is 11.0. The predicted molar refractivity (Wildman–Crippen MR) is 138 cm³/mol. The highest BCUT2D eigenvalue weighted by Gasteiger charge is 2.66. The number of fused-ring (bicyclic) bond motifs is 3. The number of amides is 2. The fraction of sp³-hybridized carbons (Fsp3) is 0.414. The van der Waals surface area contributed by atoms with E-state index in [4.69, 9.17) is 9.47 Å². The quantitative estimate of drug-likeness (QED) is 0.255. The first-order chi connectivity index (χ1) is 17.9. The average Bonchev–Trinajstić information content (AvgIpc) is 3.46. The van der Waals surface area contributed by atoms with E-state index in [-0.39, 0.29) is 24.0 Å². The first-order valence-electron chi connectivity index (χ1n) is 12.9. The molecule has 0 aromatic heterocycles. The van der Waals surface area contributed by atoms with E-state index in [0.717, 1.165) is 24.2 Å². The first kappa shape index (κ1) is 25.0. The van der Waals surface area contributed by atoms with Crippen LogP contribution in [0.2, 0.25) is 0 Å². The molecule has 0 aliphatic carbocycles. The highest BCUT2D eigenvalue weighted by molar-refractivity contribution is 6.50. The van der Waals surface area contributed by atoms with Gasteiger partial charge >= 0.3 is 0 Å². The zero-order valence-electron chi connectivity index (χ0n) is 21.5. The molecule has 1 fully saturated rings. The lowest BCUT2D eigenvalue weighted by Crippen LogP contribution is -2.52. The minimum absolute atomic E-state index is 0.00719. The van der Waals surface area contributed by atoms with Crippen LogP contribution in [0.4, 0.5) is 5.69 Å².